The van der Waals surface area contributed by atoms with Gasteiger partial charge in [0.25, 0.3) is 0 Å². The number of methoxy groups -OCH3 is 1. The number of aromatic nitrogens is 2. The SMILES string of the molecule is CCNC(=NCCCc1ccc(OC)c(OCC)c1)NCCc1c(C)nn(C)c1C. The summed E-state index contributed by atoms with van der Waals surface area (Å²) in [6.07, 6.45) is 2.85. The normalized spacial score (nSPS) is 11.5. The van der Waals surface area contributed by atoms with Crippen LogP contribution in [0.1, 0.15) is 42.8 Å². The van der Waals surface area contributed by atoms with Gasteiger partial charge in [-0.25, -0.2) is 0 Å². The van der Waals surface area contributed by atoms with Gasteiger partial charge in [0.15, 0.2) is 17.5 Å². The van der Waals surface area contributed by atoms with Crippen molar-refractivity contribution in [1.29, 1.82) is 0 Å². The summed E-state index contributed by atoms with van der Waals surface area (Å²) in [4.78, 5) is 4.72. The van der Waals surface area contributed by atoms with E-state index in [1.807, 2.05) is 24.7 Å². The second-order valence-electron chi connectivity index (χ2n) is 7.23. The predicted molar refractivity (Wildman–Crippen MR) is 123 cm³/mol. The highest BCUT2D eigenvalue weighted by Crippen LogP contribution is 2.28. The minimum absolute atomic E-state index is 0.625. The molecule has 2 aromatic rings. The van der Waals surface area contributed by atoms with E-state index in [1.54, 1.807) is 7.11 Å². The largest absolute Gasteiger partial charge is 0.493 e. The Morgan fingerprint density at radius 2 is 1.93 bits per heavy atom. The van der Waals surface area contributed by atoms with Crippen molar-refractivity contribution in [2.75, 3.05) is 33.4 Å². The molecule has 166 valence electrons. The number of hydrogen-bond acceptors (Lipinski definition) is 4. The van der Waals surface area contributed by atoms with E-state index in [4.69, 9.17) is 14.5 Å². The van der Waals surface area contributed by atoms with Gasteiger partial charge in [-0.15, -0.1) is 0 Å². The van der Waals surface area contributed by atoms with Gasteiger partial charge in [0.05, 0.1) is 19.4 Å². The van der Waals surface area contributed by atoms with Gasteiger partial charge in [0.2, 0.25) is 0 Å². The van der Waals surface area contributed by atoms with Crippen LogP contribution < -0.4 is 20.1 Å². The summed E-state index contributed by atoms with van der Waals surface area (Å²) in [5.41, 5.74) is 4.87. The van der Waals surface area contributed by atoms with Crippen LogP contribution >= 0.6 is 0 Å². The zero-order chi connectivity index (χ0) is 21.9. The standard InChI is InChI=1S/C23H37N5O2/c1-7-24-23(26-15-13-20-17(3)27-28(5)18(20)4)25-14-9-10-19-11-12-21(29-6)22(16-19)30-8-2/h11-12,16H,7-10,13-15H2,1-6H3,(H2,24,25,26). The van der Waals surface area contributed by atoms with E-state index in [1.165, 1.54) is 16.8 Å². The molecule has 2 rings (SSSR count). The van der Waals surface area contributed by atoms with Crippen LogP contribution in [-0.4, -0.2) is 49.1 Å². The Morgan fingerprint density at radius 3 is 2.57 bits per heavy atom. The number of benzene rings is 1. The predicted octanol–water partition coefficient (Wildman–Crippen LogP) is 3.17. The molecule has 0 radical (unpaired) electrons. The molecule has 0 fully saturated rings. The molecule has 0 aliphatic rings. The van der Waals surface area contributed by atoms with Crippen LogP contribution in [0.3, 0.4) is 0 Å². The molecule has 0 spiro atoms. The van der Waals surface area contributed by atoms with Gasteiger partial charge in [0.1, 0.15) is 0 Å². The van der Waals surface area contributed by atoms with Crippen LogP contribution in [0.2, 0.25) is 0 Å². The van der Waals surface area contributed by atoms with Gasteiger partial charge in [-0.2, -0.15) is 5.10 Å². The molecular weight excluding hydrogens is 378 g/mol. The Labute approximate surface area is 180 Å². The topological polar surface area (TPSA) is 72.7 Å². The van der Waals surface area contributed by atoms with Crippen molar-refractivity contribution in [3.05, 3.63) is 40.7 Å². The first kappa shape index (κ1) is 23.6. The minimum Gasteiger partial charge on any atom is -0.493 e. The van der Waals surface area contributed by atoms with Crippen molar-refractivity contribution in [2.24, 2.45) is 12.0 Å². The first-order chi connectivity index (χ1) is 14.5. The lowest BCUT2D eigenvalue weighted by molar-refractivity contribution is 0.310. The van der Waals surface area contributed by atoms with Crippen molar-refractivity contribution in [3.63, 3.8) is 0 Å². The average molecular weight is 416 g/mol. The monoisotopic (exact) mass is 415 g/mol. The number of aliphatic imine (C=N–C) groups is 1. The molecule has 7 heteroatoms. The van der Waals surface area contributed by atoms with E-state index in [0.29, 0.717) is 6.61 Å². The Bertz CT molecular complexity index is 829. The van der Waals surface area contributed by atoms with Crippen LogP contribution in [0.25, 0.3) is 0 Å². The highest BCUT2D eigenvalue weighted by atomic mass is 16.5. The molecule has 0 atom stereocenters. The lowest BCUT2D eigenvalue weighted by Crippen LogP contribution is -2.38. The fourth-order valence-electron chi connectivity index (χ4n) is 3.45. The molecule has 0 aliphatic carbocycles. The number of hydrogen-bond donors (Lipinski definition) is 2. The third kappa shape index (κ3) is 6.68. The van der Waals surface area contributed by atoms with Crippen LogP contribution in [0.4, 0.5) is 0 Å². The van der Waals surface area contributed by atoms with Gasteiger partial charge in [0, 0.05) is 32.4 Å². The average Bonchev–Trinajstić information content (AvgIpc) is 2.97. The van der Waals surface area contributed by atoms with E-state index >= 15 is 0 Å². The first-order valence-electron chi connectivity index (χ1n) is 10.8. The summed E-state index contributed by atoms with van der Waals surface area (Å²) >= 11 is 0. The quantitative estimate of drug-likeness (QED) is 0.335. The van der Waals surface area contributed by atoms with Gasteiger partial charge < -0.3 is 20.1 Å². The zero-order valence-electron chi connectivity index (χ0n) is 19.3. The highest BCUT2D eigenvalue weighted by Gasteiger charge is 2.09. The molecule has 1 aromatic heterocycles. The molecule has 1 aromatic carbocycles. The molecule has 7 nitrogen and oxygen atoms in total. The molecule has 0 bridgehead atoms. The fraction of sp³-hybridized carbons (Fsp3) is 0.565. The Kier molecular flexibility index (Phi) is 9.51. The second-order valence-corrected chi connectivity index (χ2v) is 7.23. The number of nitrogens with one attached hydrogen (secondary N) is 2. The van der Waals surface area contributed by atoms with Gasteiger partial charge in [-0.1, -0.05) is 6.07 Å². The van der Waals surface area contributed by atoms with Crippen molar-refractivity contribution >= 4 is 5.96 Å². The molecule has 0 saturated heterocycles. The Morgan fingerprint density at radius 1 is 1.13 bits per heavy atom. The summed E-state index contributed by atoms with van der Waals surface area (Å²) in [6.45, 7) is 11.3. The maximum absolute atomic E-state index is 5.67. The first-order valence-corrected chi connectivity index (χ1v) is 10.8. The highest BCUT2D eigenvalue weighted by molar-refractivity contribution is 5.79. The number of nitrogens with zero attached hydrogens (tertiary/aromatic N) is 3. The summed E-state index contributed by atoms with van der Waals surface area (Å²) < 4.78 is 13.0. The smallest absolute Gasteiger partial charge is 0.191 e. The maximum Gasteiger partial charge on any atom is 0.191 e. The van der Waals surface area contributed by atoms with E-state index in [-0.39, 0.29) is 0 Å². The fourth-order valence-corrected chi connectivity index (χ4v) is 3.45. The van der Waals surface area contributed by atoms with Crippen molar-refractivity contribution in [1.82, 2.24) is 20.4 Å². The molecule has 0 amide bonds. The summed E-state index contributed by atoms with van der Waals surface area (Å²) in [5.74, 6) is 2.44. The lowest BCUT2D eigenvalue weighted by atomic mass is 10.1. The molecule has 30 heavy (non-hydrogen) atoms. The van der Waals surface area contributed by atoms with Crippen LogP contribution in [0, 0.1) is 13.8 Å². The molecule has 0 aliphatic heterocycles. The van der Waals surface area contributed by atoms with Gasteiger partial charge >= 0.3 is 0 Å². The number of ether oxygens (including phenoxy) is 2. The van der Waals surface area contributed by atoms with Crippen molar-refractivity contribution in [3.8, 4) is 11.5 Å². The van der Waals surface area contributed by atoms with E-state index in [2.05, 4.69) is 48.6 Å². The third-order valence-corrected chi connectivity index (χ3v) is 5.09. The van der Waals surface area contributed by atoms with E-state index < -0.39 is 0 Å². The number of rotatable bonds is 11. The van der Waals surface area contributed by atoms with E-state index in [0.717, 1.165) is 62.0 Å². The van der Waals surface area contributed by atoms with Gasteiger partial charge in [-0.3, -0.25) is 9.67 Å². The summed E-state index contributed by atoms with van der Waals surface area (Å²) in [5, 5.41) is 11.3. The van der Waals surface area contributed by atoms with Crippen LogP contribution in [0.5, 0.6) is 11.5 Å². The minimum atomic E-state index is 0.625. The molecule has 2 N–H and O–H groups in total. The maximum atomic E-state index is 5.67. The zero-order valence-corrected chi connectivity index (χ0v) is 19.3. The van der Waals surface area contributed by atoms with Crippen LogP contribution in [0.15, 0.2) is 23.2 Å². The van der Waals surface area contributed by atoms with Crippen molar-refractivity contribution < 1.29 is 9.47 Å². The molecule has 0 unspecified atom stereocenters. The third-order valence-electron chi connectivity index (χ3n) is 5.09. The van der Waals surface area contributed by atoms with Crippen molar-refractivity contribution in [2.45, 2.75) is 47.0 Å². The molecular formula is C23H37N5O2. The van der Waals surface area contributed by atoms with Gasteiger partial charge in [-0.05, 0) is 70.2 Å². The number of guanidine groups is 1. The van der Waals surface area contributed by atoms with Crippen LogP contribution in [-0.2, 0) is 19.9 Å². The second kappa shape index (κ2) is 12.1. The lowest BCUT2D eigenvalue weighted by Gasteiger charge is -2.12. The summed E-state index contributed by atoms with van der Waals surface area (Å²) in [7, 11) is 3.66. The van der Waals surface area contributed by atoms with E-state index in [9.17, 15) is 0 Å². The Hall–Kier alpha value is -2.70. The summed E-state index contributed by atoms with van der Waals surface area (Å²) in [6, 6.07) is 6.12. The molecule has 0 saturated carbocycles. The molecule has 1 heterocycles. The Balaban J connectivity index is 1.85. The number of aryl methyl sites for hydroxylation is 3.